The van der Waals surface area contributed by atoms with Crippen LogP contribution in [0.4, 0.5) is 0 Å². The molecule has 1 atom stereocenters. The summed E-state index contributed by atoms with van der Waals surface area (Å²) < 4.78 is 0. The first kappa shape index (κ1) is 12.7. The molecule has 0 aliphatic rings. The number of hydrogen-bond acceptors (Lipinski definition) is 2. The molecule has 1 aromatic rings. The molecule has 88 valence electrons. The van der Waals surface area contributed by atoms with Crippen molar-refractivity contribution >= 4 is 5.97 Å². The van der Waals surface area contributed by atoms with Gasteiger partial charge in [-0.1, -0.05) is 38.1 Å². The van der Waals surface area contributed by atoms with Crippen LogP contribution in [-0.2, 0) is 11.2 Å². The molecule has 16 heavy (non-hydrogen) atoms. The Kier molecular flexibility index (Phi) is 4.50. The van der Waals surface area contributed by atoms with E-state index in [0.717, 1.165) is 6.42 Å². The van der Waals surface area contributed by atoms with E-state index in [0.29, 0.717) is 11.5 Å². The summed E-state index contributed by atoms with van der Waals surface area (Å²) in [6.45, 7) is 4.29. The van der Waals surface area contributed by atoms with Crippen molar-refractivity contribution in [2.75, 3.05) is 0 Å². The van der Waals surface area contributed by atoms with E-state index in [-0.39, 0.29) is 6.42 Å². The van der Waals surface area contributed by atoms with Crippen molar-refractivity contribution in [1.29, 1.82) is 0 Å². The van der Waals surface area contributed by atoms with E-state index in [1.807, 2.05) is 12.1 Å². The van der Waals surface area contributed by atoms with Crippen molar-refractivity contribution in [2.45, 2.75) is 32.8 Å². The Morgan fingerprint density at radius 2 is 1.81 bits per heavy atom. The van der Waals surface area contributed by atoms with Gasteiger partial charge in [0.1, 0.15) is 0 Å². The molecule has 0 radical (unpaired) electrons. The lowest BCUT2D eigenvalue weighted by molar-refractivity contribution is -0.139. The zero-order chi connectivity index (χ0) is 12.1. The van der Waals surface area contributed by atoms with Gasteiger partial charge in [-0.3, -0.25) is 4.79 Å². The molecular weight excluding hydrogens is 204 g/mol. The van der Waals surface area contributed by atoms with Crippen molar-refractivity contribution in [1.82, 2.24) is 0 Å². The molecular formula is C13H18O3. The van der Waals surface area contributed by atoms with Gasteiger partial charge in [0.15, 0.2) is 0 Å². The Balaban J connectivity index is 2.66. The van der Waals surface area contributed by atoms with Crippen LogP contribution < -0.4 is 0 Å². The van der Waals surface area contributed by atoms with Crippen molar-refractivity contribution < 1.29 is 15.0 Å². The molecule has 1 aromatic carbocycles. The first-order valence-electron chi connectivity index (χ1n) is 5.47. The molecule has 3 nitrogen and oxygen atoms in total. The highest BCUT2D eigenvalue weighted by Gasteiger charge is 2.11. The number of rotatable bonds is 5. The molecule has 2 N–H and O–H groups in total. The summed E-state index contributed by atoms with van der Waals surface area (Å²) in [6, 6.07) is 7.48. The van der Waals surface area contributed by atoms with Crippen LogP contribution >= 0.6 is 0 Å². The first-order valence-corrected chi connectivity index (χ1v) is 5.47. The van der Waals surface area contributed by atoms with Crippen LogP contribution in [0, 0.1) is 5.92 Å². The molecule has 0 aromatic heterocycles. The van der Waals surface area contributed by atoms with Gasteiger partial charge in [-0.05, 0) is 23.5 Å². The zero-order valence-electron chi connectivity index (χ0n) is 9.68. The molecule has 0 amide bonds. The van der Waals surface area contributed by atoms with Gasteiger partial charge in [0.25, 0.3) is 0 Å². The number of aliphatic hydroxyl groups is 1. The first-order chi connectivity index (χ1) is 7.49. The van der Waals surface area contributed by atoms with Gasteiger partial charge < -0.3 is 10.2 Å². The van der Waals surface area contributed by atoms with Crippen LogP contribution in [-0.4, -0.2) is 16.2 Å². The normalized spacial score (nSPS) is 12.8. The van der Waals surface area contributed by atoms with Crippen molar-refractivity contribution in [3.63, 3.8) is 0 Å². The molecule has 0 aliphatic carbocycles. The number of aliphatic carboxylic acids is 1. The summed E-state index contributed by atoms with van der Waals surface area (Å²) in [7, 11) is 0. The van der Waals surface area contributed by atoms with E-state index in [2.05, 4.69) is 13.8 Å². The number of benzene rings is 1. The highest BCUT2D eigenvalue weighted by Crippen LogP contribution is 2.18. The predicted molar refractivity (Wildman–Crippen MR) is 62.2 cm³/mol. The van der Waals surface area contributed by atoms with Crippen molar-refractivity contribution in [2.24, 2.45) is 5.92 Å². The maximum absolute atomic E-state index is 10.4. The third-order valence-corrected chi connectivity index (χ3v) is 2.38. The van der Waals surface area contributed by atoms with Gasteiger partial charge in [0.05, 0.1) is 12.5 Å². The third-order valence-electron chi connectivity index (χ3n) is 2.38. The minimum absolute atomic E-state index is 0.247. The Morgan fingerprint density at radius 3 is 2.25 bits per heavy atom. The van der Waals surface area contributed by atoms with Gasteiger partial charge in [-0.15, -0.1) is 0 Å². The Labute approximate surface area is 95.7 Å². The number of hydrogen-bond donors (Lipinski definition) is 2. The maximum Gasteiger partial charge on any atom is 0.306 e. The smallest absolute Gasteiger partial charge is 0.306 e. The second-order valence-corrected chi connectivity index (χ2v) is 4.45. The maximum atomic E-state index is 10.4. The van der Waals surface area contributed by atoms with Gasteiger partial charge in [-0.2, -0.15) is 0 Å². The number of carboxylic acids is 1. The van der Waals surface area contributed by atoms with E-state index in [1.165, 1.54) is 5.56 Å². The summed E-state index contributed by atoms with van der Waals surface area (Å²) in [5.74, 6) is -0.395. The molecule has 0 spiro atoms. The zero-order valence-corrected chi connectivity index (χ0v) is 9.68. The van der Waals surface area contributed by atoms with Gasteiger partial charge in [0.2, 0.25) is 0 Å². The summed E-state index contributed by atoms with van der Waals surface area (Å²) in [6.07, 6.45) is -0.163. The van der Waals surface area contributed by atoms with E-state index < -0.39 is 12.1 Å². The van der Waals surface area contributed by atoms with Gasteiger partial charge in [-0.25, -0.2) is 0 Å². The quantitative estimate of drug-likeness (QED) is 0.804. The van der Waals surface area contributed by atoms with Crippen molar-refractivity contribution in [3.8, 4) is 0 Å². The summed E-state index contributed by atoms with van der Waals surface area (Å²) in [4.78, 5) is 10.4. The minimum atomic E-state index is -0.987. The van der Waals surface area contributed by atoms with Crippen molar-refractivity contribution in [3.05, 3.63) is 35.4 Å². The Hall–Kier alpha value is -1.35. The van der Waals surface area contributed by atoms with Crippen LogP contribution in [0.5, 0.6) is 0 Å². The molecule has 3 heteroatoms. The molecule has 0 heterocycles. The summed E-state index contributed by atoms with van der Waals surface area (Å²) in [5, 5.41) is 18.1. The number of carbonyl (C=O) groups is 1. The lowest BCUT2D eigenvalue weighted by Crippen LogP contribution is -2.05. The number of carboxylic acid groups (broad SMARTS) is 1. The standard InChI is InChI=1S/C13H18O3/c1-9(2)7-10-3-5-11(6-4-10)12(14)8-13(15)16/h3-6,9,12,14H,7-8H2,1-2H3,(H,15,16)/t12-/m0/s1. The fourth-order valence-corrected chi connectivity index (χ4v) is 1.63. The molecule has 0 saturated heterocycles. The van der Waals surface area contributed by atoms with Crippen LogP contribution in [0.1, 0.15) is 37.5 Å². The fraction of sp³-hybridized carbons (Fsp3) is 0.462. The number of aliphatic hydroxyl groups excluding tert-OH is 1. The molecule has 0 saturated carbocycles. The second kappa shape index (κ2) is 5.66. The van der Waals surface area contributed by atoms with Gasteiger partial charge >= 0.3 is 5.97 Å². The Bertz CT molecular complexity index is 341. The third kappa shape index (κ3) is 4.03. The lowest BCUT2D eigenvalue weighted by Gasteiger charge is -2.10. The topological polar surface area (TPSA) is 57.5 Å². The van der Waals surface area contributed by atoms with Crippen LogP contribution in [0.3, 0.4) is 0 Å². The summed E-state index contributed by atoms with van der Waals surface area (Å²) >= 11 is 0. The fourth-order valence-electron chi connectivity index (χ4n) is 1.63. The van der Waals surface area contributed by atoms with Crippen LogP contribution in [0.15, 0.2) is 24.3 Å². The van der Waals surface area contributed by atoms with E-state index in [4.69, 9.17) is 5.11 Å². The average molecular weight is 222 g/mol. The molecule has 0 aliphatic heterocycles. The van der Waals surface area contributed by atoms with E-state index in [1.54, 1.807) is 12.1 Å². The minimum Gasteiger partial charge on any atom is -0.481 e. The van der Waals surface area contributed by atoms with Crippen LogP contribution in [0.2, 0.25) is 0 Å². The second-order valence-electron chi connectivity index (χ2n) is 4.45. The largest absolute Gasteiger partial charge is 0.481 e. The highest BCUT2D eigenvalue weighted by molar-refractivity contribution is 5.67. The summed E-state index contributed by atoms with van der Waals surface area (Å²) in [5.41, 5.74) is 1.87. The van der Waals surface area contributed by atoms with Gasteiger partial charge in [0, 0.05) is 0 Å². The monoisotopic (exact) mass is 222 g/mol. The molecule has 0 fully saturated rings. The van der Waals surface area contributed by atoms with E-state index >= 15 is 0 Å². The predicted octanol–water partition coefficient (Wildman–Crippen LogP) is 2.39. The molecule has 0 bridgehead atoms. The van der Waals surface area contributed by atoms with E-state index in [9.17, 15) is 9.90 Å². The SMILES string of the molecule is CC(C)Cc1ccc([C@@H](O)CC(=O)O)cc1. The molecule has 0 unspecified atom stereocenters. The molecule has 1 rings (SSSR count). The van der Waals surface area contributed by atoms with Crippen LogP contribution in [0.25, 0.3) is 0 Å². The lowest BCUT2D eigenvalue weighted by atomic mass is 9.99. The average Bonchev–Trinajstić information content (AvgIpc) is 2.16. The Morgan fingerprint density at radius 1 is 1.25 bits per heavy atom. The highest BCUT2D eigenvalue weighted by atomic mass is 16.4.